The van der Waals surface area contributed by atoms with E-state index in [0.717, 1.165) is 17.8 Å². The van der Waals surface area contributed by atoms with E-state index < -0.39 is 0 Å². The molecule has 2 N–H and O–H groups in total. The van der Waals surface area contributed by atoms with Crippen LogP contribution < -0.4 is 10.6 Å². The molecule has 1 aromatic rings. The minimum absolute atomic E-state index is 0. The second kappa shape index (κ2) is 7.94. The number of thiazole rings is 1. The van der Waals surface area contributed by atoms with Crippen molar-refractivity contribution in [2.24, 2.45) is 0 Å². The Morgan fingerprint density at radius 3 is 2.61 bits per heavy atom. The minimum atomic E-state index is -0.192. The van der Waals surface area contributed by atoms with Gasteiger partial charge >= 0.3 is 0 Å². The third-order valence-corrected chi connectivity index (χ3v) is 3.99. The van der Waals surface area contributed by atoms with Crippen molar-refractivity contribution in [2.75, 3.05) is 13.6 Å². The lowest BCUT2D eigenvalue weighted by Gasteiger charge is -2.28. The van der Waals surface area contributed by atoms with Crippen molar-refractivity contribution in [1.82, 2.24) is 15.6 Å². The highest BCUT2D eigenvalue weighted by atomic mass is 35.5. The number of likely N-dealkylation sites (N-methyl/N-ethyl adjacent to an activating group) is 1. The minimum Gasteiger partial charge on any atom is -0.343 e. The maximum Gasteiger partial charge on any atom is 0.234 e. The summed E-state index contributed by atoms with van der Waals surface area (Å²) in [6, 6.07) is 0. The summed E-state index contributed by atoms with van der Waals surface area (Å²) in [5.41, 5.74) is -0.192. The van der Waals surface area contributed by atoms with Gasteiger partial charge in [0, 0.05) is 11.6 Å². The van der Waals surface area contributed by atoms with E-state index in [1.54, 1.807) is 18.4 Å². The van der Waals surface area contributed by atoms with E-state index in [0.29, 0.717) is 6.54 Å². The molecule has 1 saturated carbocycles. The van der Waals surface area contributed by atoms with Gasteiger partial charge in [0.1, 0.15) is 5.01 Å². The Labute approximate surface area is 124 Å². The fourth-order valence-corrected chi connectivity index (χ4v) is 3.16. The van der Waals surface area contributed by atoms with Crippen LogP contribution in [0.4, 0.5) is 0 Å². The monoisotopic (exact) mass is 311 g/mol. The smallest absolute Gasteiger partial charge is 0.234 e. The van der Waals surface area contributed by atoms with Gasteiger partial charge in [0.25, 0.3) is 0 Å². The molecule has 7 heteroatoms. The number of rotatable bonds is 4. The lowest BCUT2D eigenvalue weighted by atomic mass is 9.98. The van der Waals surface area contributed by atoms with E-state index in [9.17, 15) is 4.79 Å². The number of halogens is 2. The number of carbonyl (C=O) groups excluding carboxylic acids is 1. The molecular formula is C11H19Cl2N3OS. The summed E-state index contributed by atoms with van der Waals surface area (Å²) in [5.74, 6) is 0.0552. The van der Waals surface area contributed by atoms with Crippen molar-refractivity contribution in [2.45, 2.75) is 31.2 Å². The molecule has 0 bridgehead atoms. The Balaban J connectivity index is 0.00000144. The molecule has 0 spiro atoms. The maximum absolute atomic E-state index is 11.7. The van der Waals surface area contributed by atoms with Gasteiger partial charge in [-0.15, -0.1) is 36.2 Å². The first-order chi connectivity index (χ1) is 7.77. The molecule has 1 aliphatic carbocycles. The molecule has 1 fully saturated rings. The van der Waals surface area contributed by atoms with Gasteiger partial charge in [-0.25, -0.2) is 4.98 Å². The van der Waals surface area contributed by atoms with Gasteiger partial charge < -0.3 is 10.6 Å². The predicted octanol–water partition coefficient (Wildman–Crippen LogP) is 2.09. The largest absolute Gasteiger partial charge is 0.343 e. The van der Waals surface area contributed by atoms with Gasteiger partial charge in [0.15, 0.2) is 0 Å². The van der Waals surface area contributed by atoms with E-state index in [-0.39, 0.29) is 36.3 Å². The standard InChI is InChI=1S/C11H17N3OS.2ClH/c1-12-8-9(15)14-11(4-2-3-5-11)10-13-6-7-16-10;;/h6-7,12H,2-5,8H2,1H3,(H,14,15);2*1H. The summed E-state index contributed by atoms with van der Waals surface area (Å²) >= 11 is 1.63. The van der Waals surface area contributed by atoms with Crippen LogP contribution in [0.3, 0.4) is 0 Å². The van der Waals surface area contributed by atoms with Crippen molar-refractivity contribution in [3.05, 3.63) is 16.6 Å². The van der Waals surface area contributed by atoms with Gasteiger partial charge in [0.2, 0.25) is 5.91 Å². The molecule has 18 heavy (non-hydrogen) atoms. The number of amides is 1. The zero-order chi connectivity index (χ0) is 11.4. The third-order valence-electron chi connectivity index (χ3n) is 3.01. The van der Waals surface area contributed by atoms with Gasteiger partial charge in [-0.1, -0.05) is 12.8 Å². The van der Waals surface area contributed by atoms with Crippen LogP contribution in [0.2, 0.25) is 0 Å². The molecule has 0 aliphatic heterocycles. The summed E-state index contributed by atoms with van der Waals surface area (Å²) in [6.45, 7) is 0.368. The van der Waals surface area contributed by atoms with Crippen molar-refractivity contribution in [3.63, 3.8) is 0 Å². The molecule has 104 valence electrons. The predicted molar refractivity (Wildman–Crippen MR) is 78.8 cm³/mol. The zero-order valence-corrected chi connectivity index (χ0v) is 12.7. The molecule has 1 heterocycles. The van der Waals surface area contributed by atoms with Gasteiger partial charge in [0.05, 0.1) is 12.1 Å². The first kappa shape index (κ1) is 17.6. The number of nitrogens with one attached hydrogen (secondary N) is 2. The Kier molecular flexibility index (Phi) is 7.78. The van der Waals surface area contributed by atoms with Crippen LogP contribution in [0, 0.1) is 0 Å². The zero-order valence-electron chi connectivity index (χ0n) is 10.3. The number of carbonyl (C=O) groups is 1. The average Bonchev–Trinajstić information content (AvgIpc) is 2.86. The van der Waals surface area contributed by atoms with Crippen LogP contribution in [-0.4, -0.2) is 24.5 Å². The topological polar surface area (TPSA) is 54.0 Å². The summed E-state index contributed by atoms with van der Waals surface area (Å²) in [4.78, 5) is 16.1. The van der Waals surface area contributed by atoms with E-state index in [1.165, 1.54) is 12.8 Å². The van der Waals surface area contributed by atoms with Crippen LogP contribution >= 0.6 is 36.2 Å². The third kappa shape index (κ3) is 3.82. The summed E-state index contributed by atoms with van der Waals surface area (Å²) < 4.78 is 0. The van der Waals surface area contributed by atoms with Gasteiger partial charge in [-0.2, -0.15) is 0 Å². The number of hydrogen-bond donors (Lipinski definition) is 2. The molecule has 0 atom stereocenters. The second-order valence-electron chi connectivity index (χ2n) is 4.20. The Hall–Kier alpha value is -0.360. The highest BCUT2D eigenvalue weighted by Gasteiger charge is 2.38. The summed E-state index contributed by atoms with van der Waals surface area (Å²) in [6.07, 6.45) is 6.16. The van der Waals surface area contributed by atoms with Crippen LogP contribution in [0.25, 0.3) is 0 Å². The fourth-order valence-electron chi connectivity index (χ4n) is 2.30. The number of aromatic nitrogens is 1. The van der Waals surface area contributed by atoms with Crippen LogP contribution in [0.15, 0.2) is 11.6 Å². The molecule has 4 nitrogen and oxygen atoms in total. The van der Waals surface area contributed by atoms with E-state index in [4.69, 9.17) is 0 Å². The highest BCUT2D eigenvalue weighted by Crippen LogP contribution is 2.39. The van der Waals surface area contributed by atoms with Gasteiger partial charge in [-0.3, -0.25) is 4.79 Å². The SMILES string of the molecule is CNCC(=O)NC1(c2nccs2)CCCC1.Cl.Cl. The molecule has 0 aromatic carbocycles. The Morgan fingerprint density at radius 1 is 1.44 bits per heavy atom. The van der Waals surface area contributed by atoms with Crippen LogP contribution in [0.5, 0.6) is 0 Å². The summed E-state index contributed by atoms with van der Waals surface area (Å²) in [7, 11) is 1.78. The lowest BCUT2D eigenvalue weighted by molar-refractivity contribution is -0.122. The maximum atomic E-state index is 11.7. The Morgan fingerprint density at radius 2 is 2.11 bits per heavy atom. The van der Waals surface area contributed by atoms with E-state index in [2.05, 4.69) is 15.6 Å². The molecule has 1 aliphatic rings. The highest BCUT2D eigenvalue weighted by molar-refractivity contribution is 7.09. The second-order valence-corrected chi connectivity index (χ2v) is 5.10. The molecule has 0 unspecified atom stereocenters. The fraction of sp³-hybridized carbons (Fsp3) is 0.636. The molecule has 0 radical (unpaired) electrons. The summed E-state index contributed by atoms with van der Waals surface area (Å²) in [5, 5.41) is 9.04. The normalized spacial score (nSPS) is 16.5. The van der Waals surface area contributed by atoms with Crippen LogP contribution in [-0.2, 0) is 10.3 Å². The number of nitrogens with zero attached hydrogens (tertiary/aromatic N) is 1. The number of hydrogen-bond acceptors (Lipinski definition) is 4. The average molecular weight is 312 g/mol. The molecular weight excluding hydrogens is 293 g/mol. The van der Waals surface area contributed by atoms with E-state index >= 15 is 0 Å². The Bertz CT molecular complexity index is 353. The molecule has 1 amide bonds. The van der Waals surface area contributed by atoms with Crippen molar-refractivity contribution in [1.29, 1.82) is 0 Å². The molecule has 1 aromatic heterocycles. The van der Waals surface area contributed by atoms with Crippen molar-refractivity contribution < 1.29 is 4.79 Å². The first-order valence-electron chi connectivity index (χ1n) is 5.62. The van der Waals surface area contributed by atoms with Gasteiger partial charge in [-0.05, 0) is 19.9 Å². The van der Waals surface area contributed by atoms with Crippen molar-refractivity contribution >= 4 is 42.1 Å². The van der Waals surface area contributed by atoms with Crippen LogP contribution in [0.1, 0.15) is 30.7 Å². The first-order valence-corrected chi connectivity index (χ1v) is 6.50. The molecule has 0 saturated heterocycles. The van der Waals surface area contributed by atoms with E-state index in [1.807, 2.05) is 11.6 Å². The lowest BCUT2D eigenvalue weighted by Crippen LogP contribution is -2.46. The molecule has 2 rings (SSSR count). The van der Waals surface area contributed by atoms with Crippen molar-refractivity contribution in [3.8, 4) is 0 Å². The quantitative estimate of drug-likeness (QED) is 0.895.